The Morgan fingerprint density at radius 1 is 1.26 bits per heavy atom. The van der Waals surface area contributed by atoms with Gasteiger partial charge < -0.3 is 5.32 Å². The molecule has 0 bridgehead atoms. The zero-order chi connectivity index (χ0) is 19.8. The second-order valence-corrected chi connectivity index (χ2v) is 8.97. The third kappa shape index (κ3) is 3.83. The molecule has 0 fully saturated rings. The van der Waals surface area contributed by atoms with Crippen molar-refractivity contribution in [2.75, 3.05) is 10.1 Å². The number of nitrogens with one attached hydrogen (secondary N) is 1. The number of hydrogen-bond donors (Lipinski definition) is 1. The highest BCUT2D eigenvalue weighted by atomic mass is 32.2. The van der Waals surface area contributed by atoms with Crippen molar-refractivity contribution in [3.63, 3.8) is 0 Å². The summed E-state index contributed by atoms with van der Waals surface area (Å²) in [6.45, 7) is 5.32. The summed E-state index contributed by atoms with van der Waals surface area (Å²) in [6.07, 6.45) is 0.573. The highest BCUT2D eigenvalue weighted by Gasteiger charge is 2.34. The maximum absolute atomic E-state index is 13.0. The highest BCUT2D eigenvalue weighted by Crippen LogP contribution is 2.35. The molecule has 1 N–H and O–H groups in total. The first kappa shape index (κ1) is 19.4. The number of carbonyl (C=O) groups excluding carboxylic acids is 1. The summed E-state index contributed by atoms with van der Waals surface area (Å²) >= 11 is 0. The van der Waals surface area contributed by atoms with Crippen LogP contribution in [0.25, 0.3) is 0 Å². The Morgan fingerprint density at radius 2 is 1.93 bits per heavy atom. The van der Waals surface area contributed by atoms with Crippen molar-refractivity contribution < 1.29 is 17.6 Å². The van der Waals surface area contributed by atoms with E-state index in [0.717, 1.165) is 11.1 Å². The Bertz CT molecular complexity index is 958. The van der Waals surface area contributed by atoms with Crippen LogP contribution in [0.2, 0.25) is 0 Å². The van der Waals surface area contributed by atoms with Crippen LogP contribution in [0.5, 0.6) is 0 Å². The molecule has 144 valence electrons. The lowest BCUT2D eigenvalue weighted by atomic mass is 10.0. The minimum absolute atomic E-state index is 0.0359. The Balaban J connectivity index is 1.80. The van der Waals surface area contributed by atoms with Gasteiger partial charge in [0, 0.05) is 11.6 Å². The number of anilines is 1. The van der Waals surface area contributed by atoms with Gasteiger partial charge in [-0.05, 0) is 68.7 Å². The van der Waals surface area contributed by atoms with E-state index in [1.807, 2.05) is 13.8 Å². The molecule has 7 heteroatoms. The molecule has 0 saturated heterocycles. The molecule has 1 heterocycles. The van der Waals surface area contributed by atoms with Gasteiger partial charge in [0.25, 0.3) is 5.91 Å². The average Bonchev–Trinajstić information content (AvgIpc) is 2.97. The first-order chi connectivity index (χ1) is 12.7. The molecule has 0 unspecified atom stereocenters. The summed E-state index contributed by atoms with van der Waals surface area (Å²) in [5.74, 6) is -0.538. The quantitative estimate of drug-likeness (QED) is 0.851. The number of benzene rings is 2. The second kappa shape index (κ2) is 7.31. The van der Waals surface area contributed by atoms with Crippen molar-refractivity contribution >= 4 is 21.6 Å². The summed E-state index contributed by atoms with van der Waals surface area (Å²) in [5.41, 5.74) is 2.78. The van der Waals surface area contributed by atoms with Gasteiger partial charge in [0.1, 0.15) is 5.82 Å². The standard InChI is InChI=1S/C20H23FN2O3S/c1-4-27(25,26)23-13(2)11-17-12-16(7-10-19(17)23)20(24)22-14(3)15-5-8-18(21)9-6-15/h5-10,12-14H,4,11H2,1-3H3,(H,22,24)/t13-,14+/m1/s1. The molecule has 2 aromatic carbocycles. The molecule has 0 radical (unpaired) electrons. The van der Waals surface area contributed by atoms with Crippen LogP contribution >= 0.6 is 0 Å². The van der Waals surface area contributed by atoms with Gasteiger partial charge in [-0.3, -0.25) is 9.10 Å². The molecule has 0 saturated carbocycles. The molecule has 5 nitrogen and oxygen atoms in total. The number of carbonyl (C=O) groups is 1. The lowest BCUT2D eigenvalue weighted by Gasteiger charge is -2.23. The maximum atomic E-state index is 13.0. The molecule has 0 aliphatic carbocycles. The Hall–Kier alpha value is -2.41. The van der Waals surface area contributed by atoms with Crippen molar-refractivity contribution in [3.8, 4) is 0 Å². The van der Waals surface area contributed by atoms with Gasteiger partial charge in [-0.2, -0.15) is 0 Å². The number of fused-ring (bicyclic) bond motifs is 1. The molecule has 0 aromatic heterocycles. The number of amides is 1. The van der Waals surface area contributed by atoms with E-state index < -0.39 is 10.0 Å². The van der Waals surface area contributed by atoms with Crippen molar-refractivity contribution in [1.82, 2.24) is 5.32 Å². The molecule has 1 aliphatic heterocycles. The lowest BCUT2D eigenvalue weighted by Crippen LogP contribution is -2.36. The van der Waals surface area contributed by atoms with E-state index >= 15 is 0 Å². The fourth-order valence-electron chi connectivity index (χ4n) is 3.42. The predicted octanol–water partition coefficient (Wildman–Crippen LogP) is 3.42. The number of rotatable bonds is 5. The smallest absolute Gasteiger partial charge is 0.251 e. The van der Waals surface area contributed by atoms with Gasteiger partial charge in [0.15, 0.2) is 0 Å². The molecular formula is C20H23FN2O3S. The van der Waals surface area contributed by atoms with E-state index in [2.05, 4.69) is 5.32 Å². The fraction of sp³-hybridized carbons (Fsp3) is 0.350. The number of hydrogen-bond acceptors (Lipinski definition) is 3. The Kier molecular flexibility index (Phi) is 5.24. The van der Waals surface area contributed by atoms with Crippen molar-refractivity contribution in [1.29, 1.82) is 0 Å². The summed E-state index contributed by atoms with van der Waals surface area (Å²) in [7, 11) is -3.35. The van der Waals surface area contributed by atoms with Gasteiger partial charge in [0.05, 0.1) is 17.5 Å². The van der Waals surface area contributed by atoms with Crippen LogP contribution in [0.15, 0.2) is 42.5 Å². The molecule has 2 aromatic rings. The molecule has 27 heavy (non-hydrogen) atoms. The molecule has 2 atom stereocenters. The second-order valence-electron chi connectivity index (χ2n) is 6.84. The topological polar surface area (TPSA) is 66.5 Å². The van der Waals surface area contributed by atoms with Gasteiger partial charge in [-0.1, -0.05) is 12.1 Å². The van der Waals surface area contributed by atoms with Crippen LogP contribution in [0.1, 0.15) is 48.3 Å². The minimum atomic E-state index is -3.35. The summed E-state index contributed by atoms with van der Waals surface area (Å²) in [6, 6.07) is 10.6. The number of halogens is 1. The monoisotopic (exact) mass is 390 g/mol. The van der Waals surface area contributed by atoms with Crippen LogP contribution in [-0.4, -0.2) is 26.1 Å². The SMILES string of the molecule is CCS(=O)(=O)N1c2ccc(C(=O)N[C@@H](C)c3ccc(F)cc3)cc2C[C@H]1C. The Morgan fingerprint density at radius 3 is 2.56 bits per heavy atom. The van der Waals surface area contributed by atoms with Gasteiger partial charge >= 0.3 is 0 Å². The third-order valence-electron chi connectivity index (χ3n) is 4.88. The normalized spacial score (nSPS) is 17.5. The largest absolute Gasteiger partial charge is 0.346 e. The van der Waals surface area contributed by atoms with Gasteiger partial charge in [0.2, 0.25) is 10.0 Å². The number of sulfonamides is 1. The van der Waals surface area contributed by atoms with E-state index in [1.54, 1.807) is 37.3 Å². The van der Waals surface area contributed by atoms with Crippen LogP contribution in [0.3, 0.4) is 0 Å². The summed E-state index contributed by atoms with van der Waals surface area (Å²) in [4.78, 5) is 12.6. The minimum Gasteiger partial charge on any atom is -0.346 e. The van der Waals surface area contributed by atoms with Crippen LogP contribution in [0.4, 0.5) is 10.1 Å². The van der Waals surface area contributed by atoms with Gasteiger partial charge in [-0.25, -0.2) is 12.8 Å². The molecular weight excluding hydrogens is 367 g/mol. The zero-order valence-corrected chi connectivity index (χ0v) is 16.4. The molecule has 0 spiro atoms. The van der Waals surface area contributed by atoms with Crippen molar-refractivity contribution in [2.24, 2.45) is 0 Å². The van der Waals surface area contributed by atoms with E-state index in [4.69, 9.17) is 0 Å². The van der Waals surface area contributed by atoms with E-state index in [1.165, 1.54) is 16.4 Å². The van der Waals surface area contributed by atoms with E-state index in [0.29, 0.717) is 17.7 Å². The molecule has 1 aliphatic rings. The van der Waals surface area contributed by atoms with Crippen LogP contribution < -0.4 is 9.62 Å². The summed E-state index contributed by atoms with van der Waals surface area (Å²) in [5, 5.41) is 2.89. The molecule has 1 amide bonds. The van der Waals surface area contributed by atoms with E-state index in [-0.39, 0.29) is 29.6 Å². The lowest BCUT2D eigenvalue weighted by molar-refractivity contribution is 0.0940. The van der Waals surface area contributed by atoms with Crippen molar-refractivity contribution in [3.05, 3.63) is 65.0 Å². The maximum Gasteiger partial charge on any atom is 0.251 e. The summed E-state index contributed by atoms with van der Waals surface area (Å²) < 4.78 is 39.2. The molecule has 3 rings (SSSR count). The van der Waals surface area contributed by atoms with Gasteiger partial charge in [-0.15, -0.1) is 0 Å². The highest BCUT2D eigenvalue weighted by molar-refractivity contribution is 7.92. The zero-order valence-electron chi connectivity index (χ0n) is 15.6. The third-order valence-corrected chi connectivity index (χ3v) is 6.76. The Labute approximate surface area is 159 Å². The van der Waals surface area contributed by atoms with Crippen molar-refractivity contribution in [2.45, 2.75) is 39.3 Å². The predicted molar refractivity (Wildman–Crippen MR) is 104 cm³/mol. The number of nitrogens with zero attached hydrogens (tertiary/aromatic N) is 1. The fourth-order valence-corrected chi connectivity index (χ4v) is 4.80. The van der Waals surface area contributed by atoms with Crippen LogP contribution in [0, 0.1) is 5.82 Å². The van der Waals surface area contributed by atoms with E-state index in [9.17, 15) is 17.6 Å². The first-order valence-corrected chi connectivity index (χ1v) is 10.5. The first-order valence-electron chi connectivity index (χ1n) is 8.94. The average molecular weight is 390 g/mol. The van der Waals surface area contributed by atoms with Crippen LogP contribution in [-0.2, 0) is 16.4 Å².